The summed E-state index contributed by atoms with van der Waals surface area (Å²) in [6.07, 6.45) is 3.51. The van der Waals surface area contributed by atoms with Crippen molar-refractivity contribution in [3.63, 3.8) is 0 Å². The molecule has 0 radical (unpaired) electrons. The molecular formula is C25H24ClFN4O. The van der Waals surface area contributed by atoms with Crippen molar-refractivity contribution in [1.82, 2.24) is 19.9 Å². The Morgan fingerprint density at radius 2 is 1.75 bits per heavy atom. The minimum atomic E-state index is -0.397. The second kappa shape index (κ2) is 10.1. The molecule has 7 heteroatoms. The molecule has 0 amide bonds. The van der Waals surface area contributed by atoms with Crippen molar-refractivity contribution < 1.29 is 9.13 Å². The van der Waals surface area contributed by atoms with E-state index < -0.39 is 5.82 Å². The minimum Gasteiger partial charge on any atom is -0.381 e. The molecule has 0 N–H and O–H groups in total. The van der Waals surface area contributed by atoms with E-state index in [-0.39, 0.29) is 5.92 Å². The Bertz CT molecular complexity index is 1210. The van der Waals surface area contributed by atoms with E-state index in [1.165, 1.54) is 6.07 Å². The Kier molecular flexibility index (Phi) is 7.02. The SMILES string of the molecule is Cc1ccc2c(-c3ccc(Cl)cc3F)nc(C3CCOCC3)nc2n1.Cc1ccccn1. The van der Waals surface area contributed by atoms with Crippen LogP contribution in [0.15, 0.2) is 54.7 Å². The number of hydrogen-bond donors (Lipinski definition) is 0. The van der Waals surface area contributed by atoms with E-state index in [1.807, 2.05) is 44.2 Å². The number of rotatable bonds is 2. The van der Waals surface area contributed by atoms with Crippen molar-refractivity contribution >= 4 is 22.6 Å². The third-order valence-electron chi connectivity index (χ3n) is 5.30. The van der Waals surface area contributed by atoms with Gasteiger partial charge in [0.1, 0.15) is 11.6 Å². The van der Waals surface area contributed by atoms with Gasteiger partial charge in [0, 0.05) is 52.7 Å². The summed E-state index contributed by atoms with van der Waals surface area (Å²) in [5.74, 6) is 0.513. The van der Waals surface area contributed by atoms with Crippen LogP contribution in [0.5, 0.6) is 0 Å². The van der Waals surface area contributed by atoms with Crippen LogP contribution in [0, 0.1) is 19.7 Å². The van der Waals surface area contributed by atoms with E-state index in [2.05, 4.69) is 15.0 Å². The largest absolute Gasteiger partial charge is 0.381 e. The Labute approximate surface area is 191 Å². The van der Waals surface area contributed by atoms with Gasteiger partial charge in [-0.3, -0.25) is 4.98 Å². The van der Waals surface area contributed by atoms with Gasteiger partial charge < -0.3 is 4.74 Å². The van der Waals surface area contributed by atoms with Gasteiger partial charge in [-0.15, -0.1) is 0 Å². The zero-order chi connectivity index (χ0) is 22.5. The number of fused-ring (bicyclic) bond motifs is 1. The quantitative estimate of drug-likeness (QED) is 0.370. The number of halogens is 2. The summed E-state index contributed by atoms with van der Waals surface area (Å²) in [6, 6.07) is 14.3. The molecule has 0 spiro atoms. The Balaban J connectivity index is 0.000000300. The maximum absolute atomic E-state index is 14.5. The van der Waals surface area contributed by atoms with E-state index >= 15 is 0 Å². The molecule has 1 aliphatic rings. The van der Waals surface area contributed by atoms with Gasteiger partial charge in [-0.05, 0) is 69.2 Å². The number of aromatic nitrogens is 4. The second-order valence-electron chi connectivity index (χ2n) is 7.74. The molecule has 5 rings (SSSR count). The third kappa shape index (κ3) is 5.26. The van der Waals surface area contributed by atoms with E-state index in [4.69, 9.17) is 21.3 Å². The van der Waals surface area contributed by atoms with Gasteiger partial charge in [0.2, 0.25) is 0 Å². The molecule has 1 aromatic carbocycles. The van der Waals surface area contributed by atoms with E-state index in [0.717, 1.165) is 29.6 Å². The smallest absolute Gasteiger partial charge is 0.163 e. The first-order valence-corrected chi connectivity index (χ1v) is 10.9. The van der Waals surface area contributed by atoms with Crippen molar-refractivity contribution in [3.05, 3.63) is 82.8 Å². The fraction of sp³-hybridized carbons (Fsp3) is 0.280. The highest BCUT2D eigenvalue weighted by Gasteiger charge is 2.22. The van der Waals surface area contributed by atoms with Crippen LogP contribution in [0.1, 0.15) is 36.0 Å². The number of pyridine rings is 2. The Morgan fingerprint density at radius 3 is 2.41 bits per heavy atom. The molecule has 0 bridgehead atoms. The fourth-order valence-corrected chi connectivity index (χ4v) is 3.75. The summed E-state index contributed by atoms with van der Waals surface area (Å²) in [5, 5.41) is 1.10. The Hall–Kier alpha value is -2.96. The third-order valence-corrected chi connectivity index (χ3v) is 5.54. The van der Waals surface area contributed by atoms with Crippen LogP contribution in [0.2, 0.25) is 5.02 Å². The van der Waals surface area contributed by atoms with Gasteiger partial charge in [0.15, 0.2) is 5.65 Å². The molecule has 164 valence electrons. The summed E-state index contributed by atoms with van der Waals surface area (Å²) in [6.45, 7) is 5.27. The summed E-state index contributed by atoms with van der Waals surface area (Å²) in [7, 11) is 0. The number of aryl methyl sites for hydroxylation is 2. The van der Waals surface area contributed by atoms with Crippen LogP contribution in [-0.2, 0) is 4.74 Å². The fourth-order valence-electron chi connectivity index (χ4n) is 3.59. The molecule has 0 aliphatic carbocycles. The normalized spacial score (nSPS) is 14.1. The lowest BCUT2D eigenvalue weighted by Crippen LogP contribution is -2.17. The summed E-state index contributed by atoms with van der Waals surface area (Å²) in [5.41, 5.74) is 3.51. The zero-order valence-corrected chi connectivity index (χ0v) is 18.8. The summed E-state index contributed by atoms with van der Waals surface area (Å²) in [4.78, 5) is 17.9. The standard InChI is InChI=1S/C19H17ClFN3O.C6H7N/c1-11-2-4-15-17(14-5-3-13(20)10-16(14)21)23-18(24-19(15)22-11)12-6-8-25-9-7-12;1-6-4-2-3-5-7-6/h2-5,10,12H,6-9H2,1H3;2-5H,1H3. The molecule has 1 saturated heterocycles. The van der Waals surface area contributed by atoms with Crippen molar-refractivity contribution in [2.45, 2.75) is 32.6 Å². The molecule has 0 saturated carbocycles. The molecule has 32 heavy (non-hydrogen) atoms. The lowest BCUT2D eigenvalue weighted by atomic mass is 9.98. The molecule has 4 heterocycles. The maximum Gasteiger partial charge on any atom is 0.163 e. The van der Waals surface area contributed by atoms with Gasteiger partial charge in [0.05, 0.1) is 5.69 Å². The topological polar surface area (TPSA) is 60.8 Å². The van der Waals surface area contributed by atoms with Gasteiger partial charge in [0.25, 0.3) is 0 Å². The lowest BCUT2D eigenvalue weighted by molar-refractivity contribution is 0.0836. The van der Waals surface area contributed by atoms with Crippen LogP contribution >= 0.6 is 11.6 Å². The average molecular weight is 451 g/mol. The number of ether oxygens (including phenoxy) is 1. The van der Waals surface area contributed by atoms with Gasteiger partial charge in [-0.25, -0.2) is 19.3 Å². The predicted octanol–water partition coefficient (Wildman–Crippen LogP) is 6.08. The first kappa shape index (κ1) is 22.2. The monoisotopic (exact) mass is 450 g/mol. The number of nitrogens with zero attached hydrogens (tertiary/aromatic N) is 4. The highest BCUT2D eigenvalue weighted by Crippen LogP contribution is 2.32. The second-order valence-corrected chi connectivity index (χ2v) is 8.17. The lowest BCUT2D eigenvalue weighted by Gasteiger charge is -2.21. The van der Waals surface area contributed by atoms with Gasteiger partial charge >= 0.3 is 0 Å². The first-order chi connectivity index (χ1) is 15.5. The van der Waals surface area contributed by atoms with Crippen molar-refractivity contribution in [3.8, 4) is 11.3 Å². The number of hydrogen-bond acceptors (Lipinski definition) is 5. The van der Waals surface area contributed by atoms with Crippen molar-refractivity contribution in [1.29, 1.82) is 0 Å². The molecule has 1 aliphatic heterocycles. The average Bonchev–Trinajstić information content (AvgIpc) is 2.80. The molecule has 4 aromatic rings. The predicted molar refractivity (Wildman–Crippen MR) is 124 cm³/mol. The van der Waals surface area contributed by atoms with E-state index in [9.17, 15) is 4.39 Å². The molecule has 0 unspecified atom stereocenters. The molecule has 1 fully saturated rings. The van der Waals surface area contributed by atoms with Crippen LogP contribution < -0.4 is 0 Å². The van der Waals surface area contributed by atoms with E-state index in [1.54, 1.807) is 18.3 Å². The summed E-state index contributed by atoms with van der Waals surface area (Å²) >= 11 is 5.90. The summed E-state index contributed by atoms with van der Waals surface area (Å²) < 4.78 is 20.0. The zero-order valence-electron chi connectivity index (χ0n) is 18.1. The van der Waals surface area contributed by atoms with Gasteiger partial charge in [-0.1, -0.05) is 17.7 Å². The highest BCUT2D eigenvalue weighted by molar-refractivity contribution is 6.30. The van der Waals surface area contributed by atoms with Crippen LogP contribution in [0.3, 0.4) is 0 Å². The number of benzene rings is 1. The van der Waals surface area contributed by atoms with Crippen LogP contribution in [-0.4, -0.2) is 33.1 Å². The highest BCUT2D eigenvalue weighted by atomic mass is 35.5. The molecule has 3 aromatic heterocycles. The van der Waals surface area contributed by atoms with Crippen molar-refractivity contribution in [2.75, 3.05) is 13.2 Å². The molecule has 5 nitrogen and oxygen atoms in total. The van der Waals surface area contributed by atoms with Crippen LogP contribution in [0.25, 0.3) is 22.3 Å². The van der Waals surface area contributed by atoms with E-state index in [0.29, 0.717) is 41.0 Å². The minimum absolute atomic E-state index is 0.203. The van der Waals surface area contributed by atoms with Gasteiger partial charge in [-0.2, -0.15) is 0 Å². The van der Waals surface area contributed by atoms with Crippen molar-refractivity contribution in [2.24, 2.45) is 0 Å². The first-order valence-electron chi connectivity index (χ1n) is 10.6. The Morgan fingerprint density at radius 1 is 0.938 bits per heavy atom. The maximum atomic E-state index is 14.5. The molecule has 0 atom stereocenters. The molecular weight excluding hydrogens is 427 g/mol. The van der Waals surface area contributed by atoms with Crippen LogP contribution in [0.4, 0.5) is 4.39 Å².